The average molecular weight is 242 g/mol. The summed E-state index contributed by atoms with van der Waals surface area (Å²) in [5.41, 5.74) is 9.20. The second kappa shape index (κ2) is 4.63. The van der Waals surface area contributed by atoms with Crippen molar-refractivity contribution in [3.63, 3.8) is 0 Å². The molecule has 0 radical (unpaired) electrons. The van der Waals surface area contributed by atoms with Crippen LogP contribution >= 0.6 is 0 Å². The van der Waals surface area contributed by atoms with Crippen molar-refractivity contribution in [3.05, 3.63) is 24.0 Å². The summed E-state index contributed by atoms with van der Waals surface area (Å²) in [7, 11) is 0. The molecule has 0 atom stereocenters. The van der Waals surface area contributed by atoms with Gasteiger partial charge in [0, 0.05) is 0 Å². The number of benzene rings is 1. The van der Waals surface area contributed by atoms with Crippen molar-refractivity contribution in [2.45, 2.75) is 0 Å². The molecule has 1 rings (SSSR count). The molecule has 8 nitrogen and oxygen atoms in total. The van der Waals surface area contributed by atoms with Gasteiger partial charge in [0.05, 0.1) is 5.69 Å². The molecule has 0 heterocycles. The summed E-state index contributed by atoms with van der Waals surface area (Å²) in [5.74, 6) is 9.69. The van der Waals surface area contributed by atoms with Crippen LogP contribution in [0.15, 0.2) is 18.2 Å². The molecule has 0 spiro atoms. The lowest BCUT2D eigenvalue weighted by Crippen LogP contribution is -2.46. The van der Waals surface area contributed by atoms with Crippen LogP contribution < -0.4 is 33.2 Å². The van der Waals surface area contributed by atoms with Gasteiger partial charge in [-0.25, -0.2) is 35.7 Å². The smallest absolute Gasteiger partial charge is 0.333 e. The minimum absolute atomic E-state index is 0.182. The van der Waals surface area contributed by atoms with Crippen molar-refractivity contribution >= 4 is 23.4 Å². The van der Waals surface area contributed by atoms with E-state index < -0.39 is 23.6 Å². The first kappa shape index (κ1) is 12.7. The van der Waals surface area contributed by atoms with E-state index in [9.17, 15) is 14.0 Å². The Morgan fingerprint density at radius 2 is 1.59 bits per heavy atom. The first-order chi connectivity index (χ1) is 7.86. The van der Waals surface area contributed by atoms with Gasteiger partial charge < -0.3 is 11.5 Å². The lowest BCUT2D eigenvalue weighted by atomic mass is 10.2. The predicted octanol–water partition coefficient (Wildman–Crippen LogP) is -0.657. The Hall–Kier alpha value is -2.39. The van der Waals surface area contributed by atoms with Gasteiger partial charge in [-0.05, 0) is 12.1 Å². The standard InChI is InChI=1S/C8H11FN6O2/c9-4-2-1-3-5(14(12)7(10)16)6(4)15(13)8(11)17/h1-3H,12-13H2,(H2,10,16)(H2,11,17). The number of nitrogens with zero attached hydrogens (tertiary/aromatic N) is 2. The minimum Gasteiger partial charge on any atom is -0.350 e. The van der Waals surface area contributed by atoms with E-state index in [1.807, 2.05) is 0 Å². The van der Waals surface area contributed by atoms with Crippen molar-refractivity contribution in [1.82, 2.24) is 0 Å². The van der Waals surface area contributed by atoms with Crippen LogP contribution in [-0.4, -0.2) is 12.1 Å². The fourth-order valence-corrected chi connectivity index (χ4v) is 1.17. The molecule has 17 heavy (non-hydrogen) atoms. The Labute approximate surface area is 95.5 Å². The average Bonchev–Trinajstić information content (AvgIpc) is 2.26. The van der Waals surface area contributed by atoms with E-state index in [1.165, 1.54) is 12.1 Å². The summed E-state index contributed by atoms with van der Waals surface area (Å²) in [6, 6.07) is 1.39. The highest BCUT2D eigenvalue weighted by Gasteiger charge is 2.22. The number of carbonyl (C=O) groups is 2. The van der Waals surface area contributed by atoms with Crippen LogP contribution in [0.3, 0.4) is 0 Å². The number of hydrazine groups is 2. The molecule has 0 aromatic heterocycles. The first-order valence-corrected chi connectivity index (χ1v) is 4.33. The van der Waals surface area contributed by atoms with E-state index >= 15 is 0 Å². The molecular formula is C8H11FN6O2. The molecule has 1 aromatic carbocycles. The van der Waals surface area contributed by atoms with Gasteiger partial charge in [-0.3, -0.25) is 0 Å². The van der Waals surface area contributed by atoms with Gasteiger partial charge in [0.25, 0.3) is 0 Å². The van der Waals surface area contributed by atoms with Gasteiger partial charge in [0.1, 0.15) is 5.69 Å². The van der Waals surface area contributed by atoms with Gasteiger partial charge in [0.2, 0.25) is 0 Å². The fraction of sp³-hybridized carbons (Fsp3) is 0. The lowest BCUT2D eigenvalue weighted by molar-refractivity contribution is 0.252. The molecule has 92 valence electrons. The van der Waals surface area contributed by atoms with Crippen LogP contribution in [0.4, 0.5) is 25.4 Å². The zero-order valence-corrected chi connectivity index (χ0v) is 8.63. The molecule has 0 aliphatic carbocycles. The third-order valence-corrected chi connectivity index (χ3v) is 1.94. The minimum atomic E-state index is -1.12. The number of anilines is 2. The van der Waals surface area contributed by atoms with E-state index in [1.54, 1.807) is 0 Å². The SMILES string of the molecule is NC(=O)N(N)c1cccc(F)c1N(N)C(N)=O. The number of para-hydroxylation sites is 1. The number of urea groups is 2. The molecule has 8 N–H and O–H groups in total. The van der Waals surface area contributed by atoms with Crippen molar-refractivity contribution in [2.24, 2.45) is 23.2 Å². The third kappa shape index (κ3) is 2.41. The molecule has 0 bridgehead atoms. The Kier molecular flexibility index (Phi) is 3.46. The molecule has 4 amide bonds. The van der Waals surface area contributed by atoms with Crippen LogP contribution in [0, 0.1) is 5.82 Å². The maximum absolute atomic E-state index is 13.5. The summed E-state index contributed by atoms with van der Waals surface area (Å²) >= 11 is 0. The molecule has 0 saturated heterocycles. The van der Waals surface area contributed by atoms with Crippen LogP contribution in [-0.2, 0) is 0 Å². The quantitative estimate of drug-likeness (QED) is 0.310. The Morgan fingerprint density at radius 3 is 2.06 bits per heavy atom. The number of halogens is 1. The van der Waals surface area contributed by atoms with Crippen molar-refractivity contribution in [3.8, 4) is 0 Å². The van der Waals surface area contributed by atoms with Gasteiger partial charge in [-0.1, -0.05) is 6.07 Å². The zero-order chi connectivity index (χ0) is 13.2. The molecule has 9 heteroatoms. The Bertz CT molecular complexity index is 465. The highest BCUT2D eigenvalue weighted by atomic mass is 19.1. The van der Waals surface area contributed by atoms with Crippen LogP contribution in [0.1, 0.15) is 0 Å². The molecular weight excluding hydrogens is 231 g/mol. The molecule has 0 unspecified atom stereocenters. The summed E-state index contributed by atoms with van der Waals surface area (Å²) in [6.45, 7) is 0. The largest absolute Gasteiger partial charge is 0.350 e. The number of amides is 4. The van der Waals surface area contributed by atoms with Gasteiger partial charge in [-0.2, -0.15) is 0 Å². The molecule has 0 aliphatic rings. The van der Waals surface area contributed by atoms with E-state index in [-0.39, 0.29) is 5.69 Å². The maximum atomic E-state index is 13.5. The molecule has 1 aromatic rings. The van der Waals surface area contributed by atoms with Crippen molar-refractivity contribution in [1.29, 1.82) is 0 Å². The van der Waals surface area contributed by atoms with E-state index in [0.717, 1.165) is 6.07 Å². The lowest BCUT2D eigenvalue weighted by Gasteiger charge is -2.22. The highest BCUT2D eigenvalue weighted by molar-refractivity contribution is 5.99. The molecule has 0 fully saturated rings. The van der Waals surface area contributed by atoms with Crippen LogP contribution in [0.25, 0.3) is 0 Å². The van der Waals surface area contributed by atoms with Gasteiger partial charge in [0.15, 0.2) is 5.82 Å². The second-order valence-electron chi connectivity index (χ2n) is 3.02. The normalized spacial score (nSPS) is 9.82. The van der Waals surface area contributed by atoms with E-state index in [4.69, 9.17) is 23.2 Å². The number of hydrogen-bond donors (Lipinski definition) is 4. The number of rotatable bonds is 2. The van der Waals surface area contributed by atoms with Crippen LogP contribution in [0.5, 0.6) is 0 Å². The van der Waals surface area contributed by atoms with Crippen LogP contribution in [0.2, 0.25) is 0 Å². The Morgan fingerprint density at radius 1 is 1.06 bits per heavy atom. The van der Waals surface area contributed by atoms with E-state index in [0.29, 0.717) is 10.0 Å². The summed E-state index contributed by atoms with van der Waals surface area (Å²) in [4.78, 5) is 21.8. The zero-order valence-electron chi connectivity index (χ0n) is 8.63. The van der Waals surface area contributed by atoms with E-state index in [2.05, 4.69) is 0 Å². The van der Waals surface area contributed by atoms with Gasteiger partial charge in [-0.15, -0.1) is 0 Å². The second-order valence-corrected chi connectivity index (χ2v) is 3.02. The topological polar surface area (TPSA) is 145 Å². The molecule has 0 aliphatic heterocycles. The summed E-state index contributed by atoms with van der Waals surface area (Å²) in [6.07, 6.45) is 0. The van der Waals surface area contributed by atoms with Gasteiger partial charge >= 0.3 is 12.1 Å². The predicted molar refractivity (Wildman–Crippen MR) is 58.9 cm³/mol. The third-order valence-electron chi connectivity index (χ3n) is 1.94. The monoisotopic (exact) mass is 242 g/mol. The fourth-order valence-electron chi connectivity index (χ4n) is 1.17. The maximum Gasteiger partial charge on any atom is 0.333 e. The number of primary amides is 2. The van der Waals surface area contributed by atoms with Crippen molar-refractivity contribution in [2.75, 3.05) is 10.0 Å². The van der Waals surface area contributed by atoms with Crippen molar-refractivity contribution < 1.29 is 14.0 Å². The summed E-state index contributed by atoms with van der Waals surface area (Å²) < 4.78 is 13.5. The Balaban J connectivity index is 3.36. The first-order valence-electron chi connectivity index (χ1n) is 4.33. The highest BCUT2D eigenvalue weighted by Crippen LogP contribution is 2.29. The summed E-state index contributed by atoms with van der Waals surface area (Å²) in [5, 5.41) is 0.772. The number of hydrogen-bond acceptors (Lipinski definition) is 4. The number of carbonyl (C=O) groups excluding carboxylic acids is 2. The number of nitrogens with two attached hydrogens (primary N) is 4. The molecule has 0 saturated carbocycles.